The highest BCUT2D eigenvalue weighted by Crippen LogP contribution is 2.35. The fourth-order valence-electron chi connectivity index (χ4n) is 3.20. The van der Waals surface area contributed by atoms with Gasteiger partial charge in [-0.25, -0.2) is 12.7 Å². The minimum atomic E-state index is -3.38. The van der Waals surface area contributed by atoms with Gasteiger partial charge in [0.05, 0.1) is 22.9 Å². The molecule has 3 rings (SSSR count). The first-order valence-corrected chi connectivity index (χ1v) is 10.4. The summed E-state index contributed by atoms with van der Waals surface area (Å²) >= 11 is 6.21. The number of carbonyl (C=O) groups excluding carboxylic acids is 1. The third kappa shape index (κ3) is 4.06. The van der Waals surface area contributed by atoms with E-state index in [2.05, 4.69) is 10.3 Å². The van der Waals surface area contributed by atoms with Gasteiger partial charge in [0.25, 0.3) is 0 Å². The van der Waals surface area contributed by atoms with Gasteiger partial charge in [-0.3, -0.25) is 9.78 Å². The number of nitrogens with zero attached hydrogens (tertiary/aromatic N) is 2. The third-order valence-corrected chi connectivity index (χ3v) is 6.16. The van der Waals surface area contributed by atoms with E-state index in [1.807, 2.05) is 25.1 Å². The Bertz CT molecular complexity index is 919. The Kier molecular flexibility index (Phi) is 5.32. The molecule has 1 aliphatic rings. The van der Waals surface area contributed by atoms with Gasteiger partial charge >= 0.3 is 0 Å². The van der Waals surface area contributed by atoms with Gasteiger partial charge in [-0.1, -0.05) is 17.7 Å². The zero-order valence-corrected chi connectivity index (χ0v) is 16.1. The number of hydrogen-bond acceptors (Lipinski definition) is 4. The number of amides is 1. The molecule has 6 nitrogen and oxygen atoms in total. The van der Waals surface area contributed by atoms with Crippen molar-refractivity contribution in [1.82, 2.24) is 9.29 Å². The molecule has 0 aliphatic carbocycles. The van der Waals surface area contributed by atoms with Gasteiger partial charge in [0.1, 0.15) is 0 Å². The van der Waals surface area contributed by atoms with Gasteiger partial charge in [-0.15, -0.1) is 0 Å². The average Bonchev–Trinajstić information content (AvgIpc) is 3.04. The molecule has 1 aromatic heterocycles. The zero-order valence-electron chi connectivity index (χ0n) is 14.5. The quantitative estimate of drug-likeness (QED) is 0.866. The van der Waals surface area contributed by atoms with E-state index in [9.17, 15) is 13.2 Å². The molecule has 1 aliphatic heterocycles. The van der Waals surface area contributed by atoms with Crippen molar-refractivity contribution in [2.24, 2.45) is 5.92 Å². The number of carbonyl (C=O) groups is 1. The minimum absolute atomic E-state index is 0.140. The number of anilines is 1. The minimum Gasteiger partial charge on any atom is -0.324 e. The monoisotopic (exact) mass is 393 g/mol. The van der Waals surface area contributed by atoms with E-state index in [-0.39, 0.29) is 24.9 Å². The summed E-state index contributed by atoms with van der Waals surface area (Å²) in [5.74, 6) is -0.995. The van der Waals surface area contributed by atoms with Crippen LogP contribution in [0.5, 0.6) is 0 Å². The van der Waals surface area contributed by atoms with E-state index in [1.165, 1.54) is 4.31 Å². The van der Waals surface area contributed by atoms with Crippen LogP contribution in [0, 0.1) is 12.8 Å². The van der Waals surface area contributed by atoms with Crippen LogP contribution < -0.4 is 5.32 Å². The summed E-state index contributed by atoms with van der Waals surface area (Å²) < 4.78 is 25.3. The number of hydrogen-bond donors (Lipinski definition) is 1. The Morgan fingerprint density at radius 2 is 1.92 bits per heavy atom. The Balaban J connectivity index is 1.87. The lowest BCUT2D eigenvalue weighted by atomic mass is 9.89. The summed E-state index contributed by atoms with van der Waals surface area (Å²) in [7, 11) is -3.38. The fraction of sp³-hybridized carbons (Fsp3) is 0.333. The lowest BCUT2D eigenvalue weighted by Gasteiger charge is -2.18. The van der Waals surface area contributed by atoms with Gasteiger partial charge in [0.2, 0.25) is 15.9 Å². The van der Waals surface area contributed by atoms with Crippen molar-refractivity contribution in [3.8, 4) is 0 Å². The molecule has 2 atom stereocenters. The highest BCUT2D eigenvalue weighted by molar-refractivity contribution is 7.88. The number of aromatic nitrogens is 1. The number of halogens is 1. The van der Waals surface area contributed by atoms with E-state index in [4.69, 9.17) is 11.6 Å². The molecule has 1 N–H and O–H groups in total. The lowest BCUT2D eigenvalue weighted by molar-refractivity contribution is -0.119. The second kappa shape index (κ2) is 7.34. The highest BCUT2D eigenvalue weighted by atomic mass is 35.5. The summed E-state index contributed by atoms with van der Waals surface area (Å²) in [6.45, 7) is 2.32. The molecule has 8 heteroatoms. The number of aryl methyl sites for hydroxylation is 1. The molecule has 0 saturated carbocycles. The van der Waals surface area contributed by atoms with Crippen molar-refractivity contribution < 1.29 is 13.2 Å². The Hall–Kier alpha value is -1.96. The molecule has 0 bridgehead atoms. The second-order valence-corrected chi connectivity index (χ2v) is 8.94. The molecule has 0 radical (unpaired) electrons. The van der Waals surface area contributed by atoms with Crippen molar-refractivity contribution in [3.05, 3.63) is 58.9 Å². The Labute approximate surface area is 158 Å². The van der Waals surface area contributed by atoms with E-state index in [1.54, 1.807) is 24.5 Å². The van der Waals surface area contributed by atoms with Gasteiger partial charge < -0.3 is 5.32 Å². The highest BCUT2D eigenvalue weighted by Gasteiger charge is 2.41. The predicted octanol–water partition coefficient (Wildman–Crippen LogP) is 2.66. The van der Waals surface area contributed by atoms with E-state index >= 15 is 0 Å². The van der Waals surface area contributed by atoms with Crippen LogP contribution in [0.15, 0.2) is 42.7 Å². The largest absolute Gasteiger partial charge is 0.324 e. The summed E-state index contributed by atoms with van der Waals surface area (Å²) in [4.78, 5) is 16.9. The topological polar surface area (TPSA) is 79.4 Å². The number of rotatable bonds is 4. The summed E-state index contributed by atoms with van der Waals surface area (Å²) in [6.07, 6.45) is 4.45. The summed E-state index contributed by atoms with van der Waals surface area (Å²) in [5.41, 5.74) is 2.40. The van der Waals surface area contributed by atoms with Gasteiger partial charge in [-0.2, -0.15) is 0 Å². The third-order valence-electron chi connectivity index (χ3n) is 4.61. The van der Waals surface area contributed by atoms with Crippen LogP contribution in [0.2, 0.25) is 5.02 Å². The number of pyridine rings is 1. The van der Waals surface area contributed by atoms with Crippen molar-refractivity contribution >= 4 is 33.2 Å². The molecule has 1 fully saturated rings. The van der Waals surface area contributed by atoms with E-state index in [0.717, 1.165) is 17.4 Å². The molecular formula is C18H20ClN3O3S. The molecule has 0 unspecified atom stereocenters. The van der Waals surface area contributed by atoms with Gasteiger partial charge in [0.15, 0.2) is 0 Å². The number of benzene rings is 1. The van der Waals surface area contributed by atoms with Crippen LogP contribution in [0.3, 0.4) is 0 Å². The standard InChI is InChI=1S/C18H20ClN3O3S/c1-12-3-4-17(16(19)9-12)21-18(23)15-11-22(26(2,24)25)10-14(15)13-5-7-20-8-6-13/h3-9,14-15H,10-11H2,1-2H3,(H,21,23)/t14-,15+/m0/s1. The van der Waals surface area contributed by atoms with Crippen LogP contribution in [0.25, 0.3) is 0 Å². The summed E-state index contributed by atoms with van der Waals surface area (Å²) in [5, 5.41) is 3.30. The number of sulfonamides is 1. The summed E-state index contributed by atoms with van der Waals surface area (Å²) in [6, 6.07) is 9.01. The fourth-order valence-corrected chi connectivity index (χ4v) is 4.34. The zero-order chi connectivity index (χ0) is 18.9. The van der Waals surface area contributed by atoms with Crippen LogP contribution in [-0.2, 0) is 14.8 Å². The first-order chi connectivity index (χ1) is 12.3. The van der Waals surface area contributed by atoms with Gasteiger partial charge in [0, 0.05) is 31.4 Å². The second-order valence-electron chi connectivity index (χ2n) is 6.55. The predicted molar refractivity (Wildman–Crippen MR) is 102 cm³/mol. The Morgan fingerprint density at radius 1 is 1.23 bits per heavy atom. The normalized spacial score (nSPS) is 20.9. The van der Waals surface area contributed by atoms with Crippen molar-refractivity contribution in [3.63, 3.8) is 0 Å². The molecule has 0 spiro atoms. The average molecular weight is 394 g/mol. The first kappa shape index (κ1) is 18.8. The molecule has 2 aromatic rings. The maximum Gasteiger partial charge on any atom is 0.229 e. The molecule has 1 aromatic carbocycles. The van der Waals surface area contributed by atoms with E-state index in [0.29, 0.717) is 10.7 Å². The van der Waals surface area contributed by atoms with Crippen molar-refractivity contribution in [2.45, 2.75) is 12.8 Å². The van der Waals surface area contributed by atoms with Crippen LogP contribution in [0.4, 0.5) is 5.69 Å². The maximum atomic E-state index is 12.9. The van der Waals surface area contributed by atoms with Crippen LogP contribution in [0.1, 0.15) is 17.0 Å². The number of nitrogens with one attached hydrogen (secondary N) is 1. The van der Waals surface area contributed by atoms with Crippen LogP contribution in [-0.4, -0.2) is 43.0 Å². The van der Waals surface area contributed by atoms with E-state index < -0.39 is 15.9 Å². The Morgan fingerprint density at radius 3 is 2.54 bits per heavy atom. The molecule has 26 heavy (non-hydrogen) atoms. The smallest absolute Gasteiger partial charge is 0.229 e. The van der Waals surface area contributed by atoms with Crippen molar-refractivity contribution in [2.75, 3.05) is 24.7 Å². The maximum absolute atomic E-state index is 12.9. The van der Waals surface area contributed by atoms with Crippen molar-refractivity contribution in [1.29, 1.82) is 0 Å². The lowest BCUT2D eigenvalue weighted by Crippen LogP contribution is -2.31. The molecule has 2 heterocycles. The molecular weight excluding hydrogens is 374 g/mol. The van der Waals surface area contributed by atoms with Gasteiger partial charge in [-0.05, 0) is 42.3 Å². The molecule has 1 saturated heterocycles. The first-order valence-electron chi connectivity index (χ1n) is 8.18. The van der Waals surface area contributed by atoms with Crippen LogP contribution >= 0.6 is 11.6 Å². The molecule has 1 amide bonds. The molecule has 138 valence electrons. The SMILES string of the molecule is Cc1ccc(NC(=O)[C@@H]2CN(S(C)(=O)=O)C[C@H]2c2ccncc2)c(Cl)c1.